The molecule has 30 heavy (non-hydrogen) atoms. The zero-order valence-corrected chi connectivity index (χ0v) is 15.8. The zero-order valence-electron chi connectivity index (χ0n) is 15.8. The summed E-state index contributed by atoms with van der Waals surface area (Å²) in [6.45, 7) is 1.89. The molecule has 7 nitrogen and oxygen atoms in total. The number of benzene rings is 1. The summed E-state index contributed by atoms with van der Waals surface area (Å²) in [6.07, 6.45) is 3.06. The second-order valence-electron chi connectivity index (χ2n) is 6.13. The Hall–Kier alpha value is -4.13. The van der Waals surface area contributed by atoms with E-state index in [1.807, 2.05) is 6.92 Å². The number of halogens is 3. The first-order valence-electron chi connectivity index (χ1n) is 8.73. The average Bonchev–Trinajstić information content (AvgIpc) is 3.05. The van der Waals surface area contributed by atoms with Crippen LogP contribution < -0.4 is 11.5 Å². The Labute approximate surface area is 169 Å². The summed E-state index contributed by atoms with van der Waals surface area (Å²) in [5.41, 5.74) is 12.8. The van der Waals surface area contributed by atoms with Crippen LogP contribution in [-0.2, 0) is 6.42 Å². The molecule has 3 aromatic heterocycles. The van der Waals surface area contributed by atoms with Crippen LogP contribution in [0.25, 0.3) is 16.9 Å². The lowest BCUT2D eigenvalue weighted by Gasteiger charge is -2.05. The van der Waals surface area contributed by atoms with E-state index in [-0.39, 0.29) is 17.2 Å². The number of anilines is 2. The third-order valence-corrected chi connectivity index (χ3v) is 4.14. The van der Waals surface area contributed by atoms with Crippen molar-refractivity contribution in [3.8, 4) is 17.3 Å². The summed E-state index contributed by atoms with van der Waals surface area (Å²) in [5, 5.41) is 8.41. The Morgan fingerprint density at radius 3 is 2.17 bits per heavy atom. The molecule has 0 fully saturated rings. The number of nitrogens with two attached hydrogens (primary N) is 2. The normalized spacial score (nSPS) is 10.4. The third-order valence-electron chi connectivity index (χ3n) is 4.14. The molecule has 0 atom stereocenters. The Morgan fingerprint density at radius 2 is 1.63 bits per heavy atom. The van der Waals surface area contributed by atoms with Gasteiger partial charge in [-0.05, 0) is 30.7 Å². The smallest absolute Gasteiger partial charge is 0.146 e. The van der Waals surface area contributed by atoms with Gasteiger partial charge in [0.05, 0.1) is 11.4 Å². The highest BCUT2D eigenvalue weighted by Crippen LogP contribution is 2.27. The number of fused-ring (bicyclic) bond motifs is 1. The lowest BCUT2D eigenvalue weighted by molar-refractivity contribution is 0.584. The van der Waals surface area contributed by atoms with Gasteiger partial charge in [0.15, 0.2) is 0 Å². The number of aryl methyl sites for hydroxylation is 1. The molecule has 0 saturated carbocycles. The van der Waals surface area contributed by atoms with E-state index >= 15 is 0 Å². The topological polar surface area (TPSA) is 119 Å². The van der Waals surface area contributed by atoms with Crippen molar-refractivity contribution in [2.45, 2.75) is 13.3 Å². The number of nitrogens with zero attached hydrogens (tertiary/aromatic N) is 5. The molecule has 0 spiro atoms. The molecule has 0 radical (unpaired) electrons. The summed E-state index contributed by atoms with van der Waals surface area (Å²) in [5.74, 6) is -1.54. The predicted octanol–water partition coefficient (Wildman–Crippen LogP) is 3.49. The van der Waals surface area contributed by atoms with Crippen LogP contribution >= 0.6 is 0 Å². The number of nitrogen functional groups attached to an aromatic ring is 2. The number of nitriles is 1. The Morgan fingerprint density at radius 1 is 1.00 bits per heavy atom. The first kappa shape index (κ1) is 20.6. The van der Waals surface area contributed by atoms with E-state index in [0.29, 0.717) is 29.0 Å². The minimum atomic E-state index is -0.673. The van der Waals surface area contributed by atoms with Crippen molar-refractivity contribution in [2.24, 2.45) is 0 Å². The molecule has 4 aromatic rings. The Kier molecular flexibility index (Phi) is 5.83. The van der Waals surface area contributed by atoms with E-state index in [1.54, 1.807) is 6.07 Å². The first-order chi connectivity index (χ1) is 14.3. The van der Waals surface area contributed by atoms with Gasteiger partial charge >= 0.3 is 0 Å². The summed E-state index contributed by atoms with van der Waals surface area (Å²) in [6, 6.07) is 7.87. The number of imidazole rings is 1. The van der Waals surface area contributed by atoms with Crippen LogP contribution in [0, 0.1) is 28.8 Å². The van der Waals surface area contributed by atoms with Gasteiger partial charge in [0.2, 0.25) is 0 Å². The van der Waals surface area contributed by atoms with Crippen molar-refractivity contribution >= 4 is 17.3 Å². The van der Waals surface area contributed by atoms with Gasteiger partial charge in [-0.2, -0.15) is 5.26 Å². The maximum absolute atomic E-state index is 13.4. The van der Waals surface area contributed by atoms with Crippen LogP contribution in [-0.4, -0.2) is 19.4 Å². The molecule has 4 N–H and O–H groups in total. The highest BCUT2D eigenvalue weighted by Gasteiger charge is 2.15. The minimum Gasteiger partial charge on any atom is -0.382 e. The monoisotopic (exact) mass is 411 g/mol. The van der Waals surface area contributed by atoms with Gasteiger partial charge in [0.25, 0.3) is 0 Å². The van der Waals surface area contributed by atoms with Crippen LogP contribution in [0.3, 0.4) is 0 Å². The van der Waals surface area contributed by atoms with Crippen molar-refractivity contribution in [2.75, 3.05) is 11.5 Å². The third kappa shape index (κ3) is 4.15. The van der Waals surface area contributed by atoms with E-state index < -0.39 is 17.5 Å². The Bertz CT molecular complexity index is 1220. The lowest BCUT2D eigenvalue weighted by Crippen LogP contribution is -2.01. The van der Waals surface area contributed by atoms with E-state index in [4.69, 9.17) is 16.7 Å². The van der Waals surface area contributed by atoms with Gasteiger partial charge in [-0.25, -0.2) is 28.1 Å². The second-order valence-corrected chi connectivity index (χ2v) is 6.13. The summed E-state index contributed by atoms with van der Waals surface area (Å²) in [4.78, 5) is 11.5. The molecule has 0 aliphatic rings. The zero-order chi connectivity index (χ0) is 21.8. The molecule has 0 aliphatic carbocycles. The molecule has 3 heterocycles. The van der Waals surface area contributed by atoms with Crippen LogP contribution in [0.5, 0.6) is 0 Å². The molecule has 0 bridgehead atoms. The summed E-state index contributed by atoms with van der Waals surface area (Å²) >= 11 is 0. The number of hydrogen-bond acceptors (Lipinski definition) is 6. The van der Waals surface area contributed by atoms with Crippen LogP contribution in [0.15, 0.2) is 42.9 Å². The lowest BCUT2D eigenvalue weighted by atomic mass is 10.1. The molecule has 152 valence electrons. The van der Waals surface area contributed by atoms with Gasteiger partial charge in [0.1, 0.15) is 52.7 Å². The molecular formula is C20H16F3N7. The van der Waals surface area contributed by atoms with E-state index in [9.17, 15) is 13.2 Å². The van der Waals surface area contributed by atoms with Gasteiger partial charge in [-0.1, -0.05) is 6.92 Å². The number of hydrogen-bond donors (Lipinski definition) is 2. The van der Waals surface area contributed by atoms with Crippen molar-refractivity contribution in [1.29, 1.82) is 5.26 Å². The van der Waals surface area contributed by atoms with Crippen LogP contribution in [0.1, 0.15) is 18.2 Å². The molecule has 0 unspecified atom stereocenters. The minimum absolute atomic E-state index is 0.120. The summed E-state index contributed by atoms with van der Waals surface area (Å²) < 4.78 is 41.7. The molecule has 0 saturated heterocycles. The highest BCUT2D eigenvalue weighted by molar-refractivity contribution is 5.67. The van der Waals surface area contributed by atoms with E-state index in [2.05, 4.69) is 15.0 Å². The number of rotatable bonds is 2. The average molecular weight is 411 g/mol. The van der Waals surface area contributed by atoms with Crippen molar-refractivity contribution in [3.05, 3.63) is 71.6 Å². The van der Waals surface area contributed by atoms with Crippen LogP contribution in [0.2, 0.25) is 0 Å². The number of aromatic nitrogens is 4. The maximum atomic E-state index is 13.4. The second kappa shape index (κ2) is 8.48. The molecule has 1 aromatic carbocycles. The van der Waals surface area contributed by atoms with Gasteiger partial charge in [0, 0.05) is 17.8 Å². The molecule has 0 amide bonds. The predicted molar refractivity (Wildman–Crippen MR) is 105 cm³/mol. The van der Waals surface area contributed by atoms with Crippen LogP contribution in [0.4, 0.5) is 24.8 Å². The maximum Gasteiger partial charge on any atom is 0.146 e. The largest absolute Gasteiger partial charge is 0.382 e. The molecule has 4 rings (SSSR count). The molecular weight excluding hydrogens is 395 g/mol. The molecule has 0 aliphatic heterocycles. The number of pyridine rings is 1. The highest BCUT2D eigenvalue weighted by atomic mass is 19.1. The van der Waals surface area contributed by atoms with Gasteiger partial charge in [-0.15, -0.1) is 0 Å². The SMILES string of the molecule is CCc1nc2ccc(F)cn2c1-c1cc(F)cc(F)c1.N#Cc1c(N)ncnc1N. The van der Waals surface area contributed by atoms with Crippen molar-refractivity contribution < 1.29 is 13.2 Å². The van der Waals surface area contributed by atoms with Crippen molar-refractivity contribution in [3.63, 3.8) is 0 Å². The van der Waals surface area contributed by atoms with E-state index in [1.165, 1.54) is 41.2 Å². The fraction of sp³-hybridized carbons (Fsp3) is 0.100. The van der Waals surface area contributed by atoms with Gasteiger partial charge < -0.3 is 11.5 Å². The fourth-order valence-electron chi connectivity index (χ4n) is 2.84. The standard InChI is InChI=1S/C15H11F3N2.C5H5N5/c1-2-13-15(9-5-11(17)7-12(18)6-9)20-8-10(16)3-4-14(20)19-13;6-1-3-4(7)9-2-10-5(3)8/h3-8H,2H2,1H3;2H,(H4,7,8,9,10). The Balaban J connectivity index is 0.000000216. The van der Waals surface area contributed by atoms with Gasteiger partial charge in [-0.3, -0.25) is 4.40 Å². The van der Waals surface area contributed by atoms with Crippen molar-refractivity contribution in [1.82, 2.24) is 19.4 Å². The van der Waals surface area contributed by atoms with E-state index in [0.717, 1.165) is 6.07 Å². The summed E-state index contributed by atoms with van der Waals surface area (Å²) in [7, 11) is 0. The molecule has 10 heteroatoms. The quantitative estimate of drug-likeness (QED) is 0.521. The fourth-order valence-corrected chi connectivity index (χ4v) is 2.84. The first-order valence-corrected chi connectivity index (χ1v) is 8.73.